The number of aryl methyl sites for hydroxylation is 1. The lowest BCUT2D eigenvalue weighted by Gasteiger charge is -2.14. The predicted octanol–water partition coefficient (Wildman–Crippen LogP) is 3.07. The van der Waals surface area contributed by atoms with E-state index in [1.54, 1.807) is 11.3 Å². The number of halogens is 1. The van der Waals surface area contributed by atoms with Crippen LogP contribution in [0.15, 0.2) is 12.1 Å². The zero-order valence-electron chi connectivity index (χ0n) is 8.44. The fourth-order valence-corrected chi connectivity index (χ4v) is 6.53. The van der Waals surface area contributed by atoms with Gasteiger partial charge in [-0.15, -0.1) is 11.3 Å². The maximum absolute atomic E-state index is 11.8. The summed E-state index contributed by atoms with van der Waals surface area (Å²) < 4.78 is 23.5. The zero-order chi connectivity index (χ0) is 11.1. The molecule has 0 aromatic carbocycles. The summed E-state index contributed by atoms with van der Waals surface area (Å²) in [6.45, 7) is 2.04. The predicted molar refractivity (Wildman–Crippen MR) is 67.5 cm³/mol. The van der Waals surface area contributed by atoms with E-state index < -0.39 is 9.84 Å². The number of hydrogen-bond donors (Lipinski definition) is 0. The van der Waals surface area contributed by atoms with Crippen LogP contribution in [-0.4, -0.2) is 19.4 Å². The van der Waals surface area contributed by atoms with E-state index in [2.05, 4.69) is 15.9 Å². The first kappa shape index (κ1) is 11.6. The van der Waals surface area contributed by atoms with Crippen molar-refractivity contribution in [3.05, 3.63) is 21.9 Å². The van der Waals surface area contributed by atoms with Gasteiger partial charge in [0.15, 0.2) is 9.84 Å². The lowest BCUT2D eigenvalue weighted by molar-refractivity contribution is 0.588. The van der Waals surface area contributed by atoms with Crippen molar-refractivity contribution in [3.63, 3.8) is 0 Å². The molecule has 1 aromatic heterocycles. The van der Waals surface area contributed by atoms with Gasteiger partial charge in [-0.2, -0.15) is 0 Å². The molecule has 0 radical (unpaired) electrons. The average molecular weight is 309 g/mol. The largest absolute Gasteiger partial charge is 0.228 e. The third-order valence-electron chi connectivity index (χ3n) is 2.74. The molecule has 0 spiro atoms. The van der Waals surface area contributed by atoms with Crippen LogP contribution < -0.4 is 0 Å². The molecule has 0 aliphatic carbocycles. The maximum atomic E-state index is 11.8. The van der Waals surface area contributed by atoms with Crippen molar-refractivity contribution in [3.8, 4) is 0 Å². The lowest BCUT2D eigenvalue weighted by Crippen LogP contribution is -2.20. The van der Waals surface area contributed by atoms with Gasteiger partial charge < -0.3 is 0 Å². The Bertz CT molecular complexity index is 450. The fraction of sp³-hybridized carbons (Fsp3) is 0.600. The van der Waals surface area contributed by atoms with Crippen LogP contribution in [0.5, 0.6) is 0 Å². The summed E-state index contributed by atoms with van der Waals surface area (Å²) in [4.78, 5) is 2.33. The SMILES string of the molecule is Cc1ccc(C(Br)C2CCCS2(=O)=O)s1. The highest BCUT2D eigenvalue weighted by atomic mass is 79.9. The van der Waals surface area contributed by atoms with Gasteiger partial charge in [0, 0.05) is 9.75 Å². The summed E-state index contributed by atoms with van der Waals surface area (Å²) in [6.07, 6.45) is 1.59. The highest BCUT2D eigenvalue weighted by Gasteiger charge is 2.37. The molecule has 0 saturated carbocycles. The zero-order valence-corrected chi connectivity index (χ0v) is 11.7. The molecule has 2 rings (SSSR count). The summed E-state index contributed by atoms with van der Waals surface area (Å²) >= 11 is 5.21. The second-order valence-corrected chi connectivity index (χ2v) is 8.54. The van der Waals surface area contributed by atoms with Gasteiger partial charge in [0.25, 0.3) is 0 Å². The van der Waals surface area contributed by atoms with Gasteiger partial charge in [-0.25, -0.2) is 8.42 Å². The van der Waals surface area contributed by atoms with Crippen molar-refractivity contribution in [1.82, 2.24) is 0 Å². The minimum absolute atomic E-state index is 0.0244. The summed E-state index contributed by atoms with van der Waals surface area (Å²) in [5.74, 6) is 0.351. The summed E-state index contributed by atoms with van der Waals surface area (Å²) in [5.41, 5.74) is 0. The highest BCUT2D eigenvalue weighted by molar-refractivity contribution is 9.09. The fourth-order valence-electron chi connectivity index (χ4n) is 1.93. The summed E-state index contributed by atoms with van der Waals surface area (Å²) in [7, 11) is -2.87. The number of rotatable bonds is 2. The molecule has 2 heterocycles. The van der Waals surface area contributed by atoms with E-state index in [0.717, 1.165) is 17.7 Å². The standard InChI is InChI=1S/C10H13BrO2S2/c1-7-4-5-8(14-7)10(11)9-3-2-6-15(9,12)13/h4-5,9-10H,2-3,6H2,1H3. The van der Waals surface area contributed by atoms with Gasteiger partial charge in [-0.05, 0) is 31.9 Å². The Morgan fingerprint density at radius 2 is 2.27 bits per heavy atom. The Labute approximate surface area is 103 Å². The van der Waals surface area contributed by atoms with E-state index in [4.69, 9.17) is 0 Å². The van der Waals surface area contributed by atoms with Crippen molar-refractivity contribution in [2.24, 2.45) is 0 Å². The molecule has 1 aliphatic rings. The van der Waals surface area contributed by atoms with Gasteiger partial charge in [-0.3, -0.25) is 0 Å². The van der Waals surface area contributed by atoms with E-state index in [0.29, 0.717) is 5.75 Å². The molecule has 1 fully saturated rings. The molecule has 1 aromatic rings. The Morgan fingerprint density at radius 3 is 2.73 bits per heavy atom. The number of hydrogen-bond acceptors (Lipinski definition) is 3. The summed E-state index contributed by atoms with van der Waals surface area (Å²) in [5, 5.41) is -0.226. The Kier molecular flexibility index (Phi) is 3.24. The van der Waals surface area contributed by atoms with E-state index in [-0.39, 0.29) is 10.1 Å². The monoisotopic (exact) mass is 308 g/mol. The van der Waals surface area contributed by atoms with Crippen LogP contribution >= 0.6 is 27.3 Å². The summed E-state index contributed by atoms with van der Waals surface area (Å²) in [6, 6.07) is 4.06. The first-order valence-electron chi connectivity index (χ1n) is 4.93. The van der Waals surface area contributed by atoms with Gasteiger partial charge in [0.2, 0.25) is 0 Å². The molecule has 2 atom stereocenters. The Hall–Kier alpha value is 0.130. The van der Waals surface area contributed by atoms with Crippen molar-refractivity contribution >= 4 is 37.1 Å². The van der Waals surface area contributed by atoms with Crippen molar-refractivity contribution < 1.29 is 8.42 Å². The van der Waals surface area contributed by atoms with Crippen LogP contribution in [-0.2, 0) is 9.84 Å². The maximum Gasteiger partial charge on any atom is 0.154 e. The third kappa shape index (κ3) is 2.29. The second kappa shape index (κ2) is 4.18. The van der Waals surface area contributed by atoms with Gasteiger partial charge in [0.05, 0.1) is 15.8 Å². The molecular formula is C10H13BrO2S2. The normalized spacial score (nSPS) is 26.7. The van der Waals surface area contributed by atoms with Gasteiger partial charge in [0.1, 0.15) is 0 Å². The van der Waals surface area contributed by atoms with E-state index in [1.807, 2.05) is 19.1 Å². The van der Waals surface area contributed by atoms with Crippen LogP contribution in [0.4, 0.5) is 0 Å². The Balaban J connectivity index is 2.25. The molecule has 0 N–H and O–H groups in total. The second-order valence-electron chi connectivity index (χ2n) is 3.90. The molecule has 0 amide bonds. The van der Waals surface area contributed by atoms with Crippen molar-refractivity contribution in [1.29, 1.82) is 0 Å². The number of thiophene rings is 1. The topological polar surface area (TPSA) is 34.1 Å². The van der Waals surface area contributed by atoms with Gasteiger partial charge >= 0.3 is 0 Å². The van der Waals surface area contributed by atoms with E-state index in [9.17, 15) is 8.42 Å². The number of sulfone groups is 1. The molecular weight excluding hydrogens is 296 g/mol. The molecule has 15 heavy (non-hydrogen) atoms. The van der Waals surface area contributed by atoms with Gasteiger partial charge in [-0.1, -0.05) is 15.9 Å². The molecule has 2 unspecified atom stereocenters. The Morgan fingerprint density at radius 1 is 1.53 bits per heavy atom. The molecule has 5 heteroatoms. The molecule has 1 aliphatic heterocycles. The van der Waals surface area contributed by atoms with Crippen LogP contribution in [0.3, 0.4) is 0 Å². The van der Waals surface area contributed by atoms with Crippen molar-refractivity contribution in [2.75, 3.05) is 5.75 Å². The smallest absolute Gasteiger partial charge is 0.154 e. The highest BCUT2D eigenvalue weighted by Crippen LogP contribution is 2.40. The van der Waals surface area contributed by atoms with Crippen LogP contribution in [0, 0.1) is 6.92 Å². The first-order valence-corrected chi connectivity index (χ1v) is 8.37. The average Bonchev–Trinajstić information content (AvgIpc) is 2.70. The lowest BCUT2D eigenvalue weighted by atomic mass is 10.2. The van der Waals surface area contributed by atoms with Crippen LogP contribution in [0.2, 0.25) is 0 Å². The quantitative estimate of drug-likeness (QED) is 0.787. The molecule has 2 nitrogen and oxygen atoms in total. The minimum atomic E-state index is -2.87. The first-order chi connectivity index (χ1) is 7.00. The van der Waals surface area contributed by atoms with Crippen LogP contribution in [0.1, 0.15) is 27.4 Å². The van der Waals surface area contributed by atoms with E-state index in [1.165, 1.54) is 4.88 Å². The van der Waals surface area contributed by atoms with E-state index >= 15 is 0 Å². The number of alkyl halides is 1. The van der Waals surface area contributed by atoms with Crippen LogP contribution in [0.25, 0.3) is 0 Å². The molecule has 1 saturated heterocycles. The van der Waals surface area contributed by atoms with Crippen molar-refractivity contribution in [2.45, 2.75) is 29.8 Å². The molecule has 84 valence electrons. The minimum Gasteiger partial charge on any atom is -0.228 e. The molecule has 0 bridgehead atoms. The third-order valence-corrected chi connectivity index (χ3v) is 7.89.